The lowest BCUT2D eigenvalue weighted by Crippen LogP contribution is -2.27. The van der Waals surface area contributed by atoms with Crippen LogP contribution in [-0.4, -0.2) is 40.1 Å². The Labute approximate surface area is 116 Å². The maximum Gasteiger partial charge on any atom is 0.304 e. The fraction of sp³-hybridized carbons (Fsp3) is 0.429. The van der Waals surface area contributed by atoms with E-state index in [1.54, 1.807) is 12.1 Å². The fourth-order valence-corrected chi connectivity index (χ4v) is 1.87. The zero-order chi connectivity index (χ0) is 15.0. The first-order valence-electron chi connectivity index (χ1n) is 6.38. The van der Waals surface area contributed by atoms with Crippen LogP contribution >= 0.6 is 0 Å². The van der Waals surface area contributed by atoms with Crippen LogP contribution in [0.3, 0.4) is 0 Å². The molecule has 1 aromatic rings. The number of hydrogen-bond acceptors (Lipinski definition) is 3. The van der Waals surface area contributed by atoms with E-state index < -0.39 is 11.9 Å². The third-order valence-corrected chi connectivity index (χ3v) is 2.80. The summed E-state index contributed by atoms with van der Waals surface area (Å²) in [6.07, 6.45) is 0.444. The van der Waals surface area contributed by atoms with Crippen LogP contribution in [0.25, 0.3) is 0 Å². The van der Waals surface area contributed by atoms with Crippen molar-refractivity contribution in [3.8, 4) is 0 Å². The van der Waals surface area contributed by atoms with Gasteiger partial charge in [-0.1, -0.05) is 12.1 Å². The Hall–Kier alpha value is -1.95. The largest absolute Gasteiger partial charge is 0.481 e. The molecule has 0 aliphatic carbocycles. The van der Waals surface area contributed by atoms with Crippen molar-refractivity contribution in [1.29, 1.82) is 0 Å². The maximum absolute atomic E-state index is 13.1. The van der Waals surface area contributed by atoms with E-state index in [1.165, 1.54) is 12.1 Å². The molecule has 0 aromatic heterocycles. The molecule has 0 radical (unpaired) electrons. The molecule has 2 N–H and O–H groups in total. The Morgan fingerprint density at radius 3 is 2.40 bits per heavy atom. The Kier molecular flexibility index (Phi) is 6.66. The van der Waals surface area contributed by atoms with Crippen LogP contribution in [0.1, 0.15) is 24.8 Å². The summed E-state index contributed by atoms with van der Waals surface area (Å²) in [7, 11) is 0. The summed E-state index contributed by atoms with van der Waals surface area (Å²) in [6.45, 7) is 1.19. The van der Waals surface area contributed by atoms with Gasteiger partial charge < -0.3 is 10.2 Å². The number of nitrogens with zero attached hydrogens (tertiary/aromatic N) is 1. The van der Waals surface area contributed by atoms with Gasteiger partial charge in [-0.15, -0.1) is 0 Å². The number of rotatable bonds is 9. The van der Waals surface area contributed by atoms with Crippen molar-refractivity contribution in [2.75, 3.05) is 13.1 Å². The smallest absolute Gasteiger partial charge is 0.304 e. The zero-order valence-electron chi connectivity index (χ0n) is 11.1. The number of carboxylic acid groups (broad SMARTS) is 2. The van der Waals surface area contributed by atoms with Crippen LogP contribution < -0.4 is 0 Å². The van der Waals surface area contributed by atoms with Crippen molar-refractivity contribution < 1.29 is 24.2 Å². The van der Waals surface area contributed by atoms with Gasteiger partial charge in [0.15, 0.2) is 0 Å². The molecule has 1 rings (SSSR count). The minimum absolute atomic E-state index is 0.0254. The van der Waals surface area contributed by atoms with E-state index in [-0.39, 0.29) is 18.7 Å². The van der Waals surface area contributed by atoms with Gasteiger partial charge in [-0.25, -0.2) is 4.39 Å². The molecule has 0 heterocycles. The van der Waals surface area contributed by atoms with Crippen LogP contribution in [0.4, 0.5) is 4.39 Å². The average Bonchev–Trinajstić information content (AvgIpc) is 2.35. The third kappa shape index (κ3) is 6.84. The number of carboxylic acids is 2. The molecular formula is C14H18FNO4. The molecule has 5 nitrogen and oxygen atoms in total. The highest BCUT2D eigenvalue weighted by Crippen LogP contribution is 2.09. The summed E-state index contributed by atoms with van der Waals surface area (Å²) in [5.74, 6) is -2.13. The molecule has 20 heavy (non-hydrogen) atoms. The average molecular weight is 283 g/mol. The van der Waals surface area contributed by atoms with E-state index in [1.807, 2.05) is 4.90 Å². The van der Waals surface area contributed by atoms with Crippen molar-refractivity contribution in [1.82, 2.24) is 4.90 Å². The topological polar surface area (TPSA) is 77.8 Å². The Bertz CT molecular complexity index is 464. The van der Waals surface area contributed by atoms with Gasteiger partial charge in [0.1, 0.15) is 5.82 Å². The highest BCUT2D eigenvalue weighted by atomic mass is 19.1. The van der Waals surface area contributed by atoms with E-state index in [4.69, 9.17) is 10.2 Å². The molecule has 0 aliphatic heterocycles. The molecule has 110 valence electrons. The van der Waals surface area contributed by atoms with Crippen LogP contribution in [0.5, 0.6) is 0 Å². The van der Waals surface area contributed by atoms with Gasteiger partial charge in [0.25, 0.3) is 0 Å². The molecule has 0 atom stereocenters. The first kappa shape index (κ1) is 16.1. The number of carbonyl (C=O) groups is 2. The molecule has 6 heteroatoms. The summed E-state index contributed by atoms with van der Waals surface area (Å²) >= 11 is 0. The van der Waals surface area contributed by atoms with Crippen LogP contribution in [0, 0.1) is 5.82 Å². The van der Waals surface area contributed by atoms with Gasteiger partial charge >= 0.3 is 11.9 Å². The second kappa shape index (κ2) is 8.27. The number of aliphatic carboxylic acids is 2. The van der Waals surface area contributed by atoms with Crippen LogP contribution in [-0.2, 0) is 16.1 Å². The monoisotopic (exact) mass is 283 g/mol. The van der Waals surface area contributed by atoms with E-state index in [9.17, 15) is 14.0 Å². The quantitative estimate of drug-likeness (QED) is 0.724. The lowest BCUT2D eigenvalue weighted by Gasteiger charge is -2.21. The predicted octanol–water partition coefficient (Wildman–Crippen LogP) is 1.97. The van der Waals surface area contributed by atoms with Gasteiger partial charge in [0.05, 0.1) is 6.42 Å². The Morgan fingerprint density at radius 2 is 1.80 bits per heavy atom. The summed E-state index contributed by atoms with van der Waals surface area (Å²) in [5, 5.41) is 17.3. The zero-order valence-corrected chi connectivity index (χ0v) is 11.1. The lowest BCUT2D eigenvalue weighted by molar-refractivity contribution is -0.138. The molecule has 0 unspecified atom stereocenters. The van der Waals surface area contributed by atoms with Crippen LogP contribution in [0.15, 0.2) is 24.3 Å². The van der Waals surface area contributed by atoms with Crippen LogP contribution in [0.2, 0.25) is 0 Å². The fourth-order valence-electron chi connectivity index (χ4n) is 1.87. The first-order chi connectivity index (χ1) is 9.47. The van der Waals surface area contributed by atoms with Gasteiger partial charge in [0, 0.05) is 19.5 Å². The van der Waals surface area contributed by atoms with E-state index >= 15 is 0 Å². The SMILES string of the molecule is O=C(O)CCCN(CCC(=O)O)Cc1cccc(F)c1. The van der Waals surface area contributed by atoms with Crippen molar-refractivity contribution >= 4 is 11.9 Å². The lowest BCUT2D eigenvalue weighted by atomic mass is 10.2. The normalized spacial score (nSPS) is 10.7. The van der Waals surface area contributed by atoms with Crippen molar-refractivity contribution in [3.05, 3.63) is 35.6 Å². The maximum atomic E-state index is 13.1. The standard InChI is InChI=1S/C14H18FNO4/c15-12-4-1-3-11(9-12)10-16(8-6-14(19)20)7-2-5-13(17)18/h1,3-4,9H,2,5-8,10H2,(H,17,18)(H,19,20). The highest BCUT2D eigenvalue weighted by Gasteiger charge is 2.10. The molecule has 0 amide bonds. The minimum Gasteiger partial charge on any atom is -0.481 e. The summed E-state index contributed by atoms with van der Waals surface area (Å²) in [6, 6.07) is 6.09. The molecule has 0 saturated heterocycles. The van der Waals surface area contributed by atoms with Gasteiger partial charge in [0.2, 0.25) is 0 Å². The number of benzene rings is 1. The van der Waals surface area contributed by atoms with Gasteiger partial charge in [-0.2, -0.15) is 0 Å². The van der Waals surface area contributed by atoms with Crippen molar-refractivity contribution in [3.63, 3.8) is 0 Å². The Morgan fingerprint density at radius 1 is 1.10 bits per heavy atom. The molecule has 0 fully saturated rings. The molecular weight excluding hydrogens is 265 g/mol. The second-order valence-corrected chi connectivity index (χ2v) is 4.55. The third-order valence-electron chi connectivity index (χ3n) is 2.80. The summed E-state index contributed by atoms with van der Waals surface area (Å²) in [4.78, 5) is 22.9. The minimum atomic E-state index is -0.910. The molecule has 0 aliphatic rings. The summed E-state index contributed by atoms with van der Waals surface area (Å²) in [5.41, 5.74) is 0.741. The van der Waals surface area contributed by atoms with Crippen molar-refractivity contribution in [2.45, 2.75) is 25.8 Å². The number of hydrogen-bond donors (Lipinski definition) is 2. The first-order valence-corrected chi connectivity index (χ1v) is 6.38. The number of halogens is 1. The van der Waals surface area contributed by atoms with E-state index in [2.05, 4.69) is 0 Å². The van der Waals surface area contributed by atoms with E-state index in [0.717, 1.165) is 5.56 Å². The highest BCUT2D eigenvalue weighted by molar-refractivity contribution is 5.67. The van der Waals surface area contributed by atoms with Crippen molar-refractivity contribution in [2.24, 2.45) is 0 Å². The second-order valence-electron chi connectivity index (χ2n) is 4.55. The Balaban J connectivity index is 2.56. The molecule has 0 spiro atoms. The van der Waals surface area contributed by atoms with Gasteiger partial charge in [-0.3, -0.25) is 14.5 Å². The summed E-state index contributed by atoms with van der Waals surface area (Å²) < 4.78 is 13.1. The predicted molar refractivity (Wildman–Crippen MR) is 70.8 cm³/mol. The molecule has 0 bridgehead atoms. The molecule has 1 aromatic carbocycles. The molecule has 0 saturated carbocycles. The van der Waals surface area contributed by atoms with Gasteiger partial charge in [-0.05, 0) is 30.7 Å². The van der Waals surface area contributed by atoms with E-state index in [0.29, 0.717) is 26.1 Å².